The van der Waals surface area contributed by atoms with Crippen LogP contribution in [0.3, 0.4) is 0 Å². The van der Waals surface area contributed by atoms with Gasteiger partial charge < -0.3 is 14.5 Å². The first-order valence-corrected chi connectivity index (χ1v) is 16.3. The maximum Gasteiger partial charge on any atom is 0.416 e. The standard InChI is InChI=1S/C35H42F6N4O2.ClH/c1-4-44(20-23-9-11-25(12-10-23)33(46)47-3)31-18-27-8-6-5-7-26(27)17-28(31)22-45(32-13-14-43(2)42-32)21-24-15-29(34(36,37)38)19-30(16-24)35(39,40)41;/h13-19,23,25H,4-12,20-22H2,1-3H3;1H. The van der Waals surface area contributed by atoms with Gasteiger partial charge in [-0.05, 0) is 111 Å². The second-order valence-electron chi connectivity index (χ2n) is 12.9. The number of nitrogens with zero attached hydrogens (tertiary/aromatic N) is 4. The van der Waals surface area contributed by atoms with Crippen LogP contribution in [-0.2, 0) is 54.9 Å². The third kappa shape index (κ3) is 8.98. The Balaban J connectivity index is 0.00000520. The van der Waals surface area contributed by atoms with Crippen molar-refractivity contribution in [3.63, 3.8) is 0 Å². The van der Waals surface area contributed by atoms with Crippen molar-refractivity contribution in [2.45, 2.75) is 83.7 Å². The number of carbonyl (C=O) groups is 1. The number of aromatic nitrogens is 2. The minimum Gasteiger partial charge on any atom is -0.469 e. The number of aryl methyl sites for hydroxylation is 3. The highest BCUT2D eigenvalue weighted by Gasteiger charge is 2.37. The molecule has 0 radical (unpaired) electrons. The average Bonchev–Trinajstić information content (AvgIpc) is 3.48. The molecule has 0 spiro atoms. The SMILES string of the molecule is CCN(CC1CCC(C(=O)OC)CC1)c1cc2c(cc1CN(Cc1cc(C(F)(F)F)cc(C(F)(F)F)c1)c1ccn(C)n1)CCCC2.Cl. The van der Waals surface area contributed by atoms with Crippen LogP contribution in [0.5, 0.6) is 0 Å². The number of alkyl halides is 6. The number of fused-ring (bicyclic) bond motifs is 1. The van der Waals surface area contributed by atoms with Crippen LogP contribution in [0, 0.1) is 11.8 Å². The lowest BCUT2D eigenvalue weighted by atomic mass is 9.81. The highest BCUT2D eigenvalue weighted by atomic mass is 35.5. The molecular formula is C35H43ClF6N4O2. The van der Waals surface area contributed by atoms with Gasteiger partial charge in [-0.2, -0.15) is 31.4 Å². The molecule has 1 fully saturated rings. The fraction of sp³-hybridized carbons (Fsp3) is 0.543. The molecular weight excluding hydrogens is 658 g/mol. The Hall–Kier alpha value is -3.41. The summed E-state index contributed by atoms with van der Waals surface area (Å²) in [6.45, 7) is 3.62. The molecule has 2 aliphatic carbocycles. The van der Waals surface area contributed by atoms with E-state index in [1.54, 1.807) is 28.9 Å². The Morgan fingerprint density at radius 2 is 1.50 bits per heavy atom. The Kier molecular flexibility index (Phi) is 12.0. The van der Waals surface area contributed by atoms with Crippen molar-refractivity contribution in [1.82, 2.24) is 9.78 Å². The number of anilines is 2. The molecule has 0 atom stereocenters. The molecule has 2 aromatic carbocycles. The van der Waals surface area contributed by atoms with Gasteiger partial charge in [0.25, 0.3) is 0 Å². The monoisotopic (exact) mass is 700 g/mol. The maximum absolute atomic E-state index is 13.7. The number of halogens is 7. The van der Waals surface area contributed by atoms with Gasteiger partial charge in [-0.15, -0.1) is 12.4 Å². The molecule has 1 heterocycles. The molecule has 1 saturated carbocycles. The van der Waals surface area contributed by atoms with E-state index >= 15 is 0 Å². The predicted molar refractivity (Wildman–Crippen MR) is 175 cm³/mol. The molecule has 13 heteroatoms. The second-order valence-corrected chi connectivity index (χ2v) is 12.9. The third-order valence-corrected chi connectivity index (χ3v) is 9.53. The zero-order valence-electron chi connectivity index (χ0n) is 27.5. The van der Waals surface area contributed by atoms with Crippen LogP contribution in [0.1, 0.15) is 78.8 Å². The highest BCUT2D eigenvalue weighted by Crippen LogP contribution is 2.38. The normalized spacial score (nSPS) is 18.1. The molecule has 1 aromatic heterocycles. The summed E-state index contributed by atoms with van der Waals surface area (Å²) in [4.78, 5) is 16.2. The van der Waals surface area contributed by atoms with Gasteiger partial charge in [0.15, 0.2) is 5.82 Å². The lowest BCUT2D eigenvalue weighted by Gasteiger charge is -2.35. The number of esters is 1. The minimum absolute atomic E-state index is 0. The topological polar surface area (TPSA) is 50.6 Å². The Morgan fingerprint density at radius 1 is 0.896 bits per heavy atom. The van der Waals surface area contributed by atoms with E-state index in [0.717, 1.165) is 87.8 Å². The molecule has 0 N–H and O–H groups in total. The zero-order valence-corrected chi connectivity index (χ0v) is 28.3. The van der Waals surface area contributed by atoms with E-state index in [-0.39, 0.29) is 49.0 Å². The summed E-state index contributed by atoms with van der Waals surface area (Å²) in [6, 6.07) is 7.87. The van der Waals surface area contributed by atoms with Crippen LogP contribution in [0.15, 0.2) is 42.6 Å². The molecule has 5 rings (SSSR count). The number of methoxy groups -OCH3 is 1. The van der Waals surface area contributed by atoms with Crippen LogP contribution in [-0.4, -0.2) is 35.9 Å². The molecule has 0 saturated heterocycles. The van der Waals surface area contributed by atoms with Gasteiger partial charge in [0.2, 0.25) is 0 Å². The summed E-state index contributed by atoms with van der Waals surface area (Å²) in [5.41, 5.74) is 1.69. The first-order valence-electron chi connectivity index (χ1n) is 16.3. The molecule has 0 aliphatic heterocycles. The lowest BCUT2D eigenvalue weighted by Crippen LogP contribution is -2.34. The number of carbonyl (C=O) groups excluding carboxylic acids is 1. The number of benzene rings is 2. The predicted octanol–water partition coefficient (Wildman–Crippen LogP) is 8.77. The van der Waals surface area contributed by atoms with E-state index in [1.807, 2.05) is 0 Å². The maximum atomic E-state index is 13.7. The fourth-order valence-corrected chi connectivity index (χ4v) is 7.03. The van der Waals surface area contributed by atoms with Crippen molar-refractivity contribution in [1.29, 1.82) is 0 Å². The van der Waals surface area contributed by atoms with Gasteiger partial charge in [-0.1, -0.05) is 6.07 Å². The fourth-order valence-electron chi connectivity index (χ4n) is 7.03. The lowest BCUT2D eigenvalue weighted by molar-refractivity contribution is -0.147. The van der Waals surface area contributed by atoms with Gasteiger partial charge in [0, 0.05) is 51.2 Å². The Bertz CT molecular complexity index is 1520. The molecule has 264 valence electrons. The van der Waals surface area contributed by atoms with Crippen molar-refractivity contribution >= 4 is 29.9 Å². The van der Waals surface area contributed by atoms with E-state index in [1.165, 1.54) is 18.2 Å². The van der Waals surface area contributed by atoms with Crippen LogP contribution in [0.25, 0.3) is 0 Å². The van der Waals surface area contributed by atoms with Crippen molar-refractivity contribution < 1.29 is 35.9 Å². The van der Waals surface area contributed by atoms with E-state index in [2.05, 4.69) is 29.1 Å². The first-order chi connectivity index (χ1) is 22.2. The molecule has 48 heavy (non-hydrogen) atoms. The summed E-state index contributed by atoms with van der Waals surface area (Å²) in [5, 5.41) is 4.50. The number of ether oxygens (including phenoxy) is 1. The molecule has 0 bridgehead atoms. The van der Waals surface area contributed by atoms with E-state index in [9.17, 15) is 31.1 Å². The van der Waals surface area contributed by atoms with Crippen LogP contribution < -0.4 is 9.80 Å². The first kappa shape index (κ1) is 37.4. The van der Waals surface area contributed by atoms with Gasteiger partial charge in [-0.3, -0.25) is 9.48 Å². The van der Waals surface area contributed by atoms with Gasteiger partial charge in [0.05, 0.1) is 24.2 Å². The summed E-state index contributed by atoms with van der Waals surface area (Å²) in [5.74, 6) is 0.584. The summed E-state index contributed by atoms with van der Waals surface area (Å²) in [7, 11) is 3.13. The molecule has 3 aromatic rings. The second kappa shape index (κ2) is 15.4. The summed E-state index contributed by atoms with van der Waals surface area (Å²) < 4.78 is 88.9. The number of hydrogen-bond donors (Lipinski definition) is 0. The molecule has 0 unspecified atom stereocenters. The molecule has 0 amide bonds. The smallest absolute Gasteiger partial charge is 0.416 e. The van der Waals surface area contributed by atoms with Gasteiger partial charge >= 0.3 is 18.3 Å². The van der Waals surface area contributed by atoms with Crippen molar-refractivity contribution in [2.75, 3.05) is 30.0 Å². The average molecular weight is 701 g/mol. The van der Waals surface area contributed by atoms with Crippen molar-refractivity contribution in [3.05, 3.63) is 76.0 Å². The van der Waals surface area contributed by atoms with Gasteiger partial charge in [-0.25, -0.2) is 0 Å². The summed E-state index contributed by atoms with van der Waals surface area (Å²) in [6.07, 6.45) is -0.810. The molecule has 2 aliphatic rings. The third-order valence-electron chi connectivity index (χ3n) is 9.53. The highest BCUT2D eigenvalue weighted by molar-refractivity contribution is 5.85. The molecule has 6 nitrogen and oxygen atoms in total. The largest absolute Gasteiger partial charge is 0.469 e. The van der Waals surface area contributed by atoms with Crippen LogP contribution in [0.2, 0.25) is 0 Å². The Morgan fingerprint density at radius 3 is 2.02 bits per heavy atom. The van der Waals surface area contributed by atoms with Crippen LogP contribution in [0.4, 0.5) is 37.8 Å². The van der Waals surface area contributed by atoms with E-state index < -0.39 is 23.5 Å². The van der Waals surface area contributed by atoms with E-state index in [0.29, 0.717) is 11.7 Å². The number of hydrogen-bond acceptors (Lipinski definition) is 5. The number of rotatable bonds is 10. The van der Waals surface area contributed by atoms with Crippen LogP contribution >= 0.6 is 12.4 Å². The Labute approximate surface area is 283 Å². The minimum atomic E-state index is -4.94. The van der Waals surface area contributed by atoms with E-state index in [4.69, 9.17) is 4.74 Å². The van der Waals surface area contributed by atoms with Crippen molar-refractivity contribution in [3.8, 4) is 0 Å². The van der Waals surface area contributed by atoms with Gasteiger partial charge in [0.1, 0.15) is 0 Å². The van der Waals surface area contributed by atoms with Crippen molar-refractivity contribution in [2.24, 2.45) is 18.9 Å². The summed E-state index contributed by atoms with van der Waals surface area (Å²) >= 11 is 0. The quantitative estimate of drug-likeness (QED) is 0.156. The zero-order chi connectivity index (χ0) is 33.9.